The normalized spacial score (nSPS) is 6.06. The zero-order chi connectivity index (χ0) is 24.7. The van der Waals surface area contributed by atoms with Gasteiger partial charge in [0, 0.05) is 34.4 Å². The van der Waals surface area contributed by atoms with E-state index in [1.807, 2.05) is 12.1 Å². The number of hydrogen-bond acceptors (Lipinski definition) is 0. The van der Waals surface area contributed by atoms with Crippen LogP contribution in [0.15, 0.2) is 60.7 Å². The molecule has 0 aliphatic rings. The second-order valence-electron chi connectivity index (χ2n) is 3.23. The van der Waals surface area contributed by atoms with Crippen molar-refractivity contribution >= 4 is 7.25 Å². The SMILES string of the molecule is F[B-](F)(F)F.[C-]#[O+].[C-]#[O+].[C-]#[O+].[C-]#[O+].[C-]#[O+].[C-]#[O+].[Cr].[Mn].c1ccc(-c2ccccc2)cc1. The van der Waals surface area contributed by atoms with Crippen LogP contribution in [-0.4, -0.2) is 7.25 Å². The van der Waals surface area contributed by atoms with Crippen molar-refractivity contribution in [3.8, 4) is 11.1 Å². The molecule has 1 radical (unpaired) electrons. The number of hydrogen-bond donors (Lipinski definition) is 0. The predicted octanol–water partition coefficient (Wildman–Crippen LogP) is 4.42. The van der Waals surface area contributed by atoms with Gasteiger partial charge >= 0.3 is 75.1 Å². The first-order valence-electron chi connectivity index (χ1n) is 6.17. The molecule has 2 rings (SSSR count). The number of rotatable bonds is 1. The van der Waals surface area contributed by atoms with Gasteiger partial charge in [0.2, 0.25) is 0 Å². The van der Waals surface area contributed by atoms with Crippen LogP contribution in [0, 0.1) is 39.9 Å². The molecule has 0 fully saturated rings. The summed E-state index contributed by atoms with van der Waals surface area (Å²) >= 11 is 0. The largest absolute Gasteiger partial charge is 0.0622 e. The first-order chi connectivity index (χ1) is 14.0. The van der Waals surface area contributed by atoms with E-state index in [1.165, 1.54) is 11.1 Å². The standard InChI is InChI=1S/C12H10.6CO.BF4.Cr.Mn/c1-3-7-11(8-4-1)12-9-5-2-6-10-12;6*1-2;2-1(3,4)5;;/h1-10H;;;;;;;;;/q;;;;;;;-1;;. The van der Waals surface area contributed by atoms with E-state index in [2.05, 4.69) is 88.4 Å². The molecule has 163 valence electrons. The third kappa shape index (κ3) is 58.4. The smallest absolute Gasteiger partial charge is 0 e. The van der Waals surface area contributed by atoms with E-state index in [4.69, 9.17) is 27.9 Å². The first-order valence-corrected chi connectivity index (χ1v) is 6.17. The minimum atomic E-state index is -6.00. The van der Waals surface area contributed by atoms with Crippen LogP contribution < -0.4 is 0 Å². The molecule has 0 atom stereocenters. The van der Waals surface area contributed by atoms with Gasteiger partial charge in [0.05, 0.1) is 0 Å². The Kier molecular flexibility index (Phi) is 84.4. The van der Waals surface area contributed by atoms with E-state index < -0.39 is 7.25 Å². The molecular weight excluding hydrogens is 506 g/mol. The van der Waals surface area contributed by atoms with E-state index in [0.29, 0.717) is 0 Å². The molecule has 2 aromatic rings. The fourth-order valence-corrected chi connectivity index (χ4v) is 1.26. The van der Waals surface area contributed by atoms with Gasteiger partial charge in [-0.25, -0.2) is 0 Å². The van der Waals surface area contributed by atoms with Crippen molar-refractivity contribution in [1.29, 1.82) is 0 Å². The molecule has 0 N–H and O–H groups in total. The van der Waals surface area contributed by atoms with Gasteiger partial charge in [0.15, 0.2) is 0 Å². The van der Waals surface area contributed by atoms with Crippen LogP contribution in [-0.2, 0) is 62.3 Å². The van der Waals surface area contributed by atoms with Crippen molar-refractivity contribution < 1.29 is 79.6 Å². The van der Waals surface area contributed by atoms with Crippen LogP contribution in [0.3, 0.4) is 0 Å². The summed E-state index contributed by atoms with van der Waals surface area (Å²) in [7, 11) is -6.00. The minimum Gasteiger partial charge on any atom is -0.0622 e. The van der Waals surface area contributed by atoms with Gasteiger partial charge in [0.25, 0.3) is 0 Å². The average molecular weight is 516 g/mol. The van der Waals surface area contributed by atoms with Gasteiger partial charge in [-0.15, -0.1) is 0 Å². The van der Waals surface area contributed by atoms with Crippen molar-refractivity contribution in [2.45, 2.75) is 0 Å². The molecule has 0 bridgehead atoms. The molecule has 13 heteroatoms. The van der Waals surface area contributed by atoms with Gasteiger partial charge in [-0.1, -0.05) is 60.7 Å². The zero-order valence-electron chi connectivity index (χ0n) is 15.1. The van der Waals surface area contributed by atoms with Crippen LogP contribution in [0.25, 0.3) is 11.1 Å². The molecule has 0 saturated carbocycles. The number of benzene rings is 2. The fraction of sp³-hybridized carbons (Fsp3) is 0. The molecule has 0 amide bonds. The van der Waals surface area contributed by atoms with Gasteiger partial charge in [-0.2, -0.15) is 0 Å². The monoisotopic (exact) mass is 516 g/mol. The summed E-state index contributed by atoms with van der Waals surface area (Å²) < 4.78 is 84.0. The molecular formula is C18H10BCrF4MnO6-. The maximum Gasteiger partial charge on any atom is 0 e. The zero-order valence-corrected chi connectivity index (χ0v) is 17.6. The molecule has 0 unspecified atom stereocenters. The van der Waals surface area contributed by atoms with Crippen LogP contribution in [0.4, 0.5) is 17.3 Å². The predicted molar refractivity (Wildman–Crippen MR) is 85.6 cm³/mol. The van der Waals surface area contributed by atoms with E-state index in [1.54, 1.807) is 0 Å². The van der Waals surface area contributed by atoms with Crippen LogP contribution in [0.5, 0.6) is 0 Å². The Morgan fingerprint density at radius 2 is 0.581 bits per heavy atom. The Balaban J connectivity index is -0.0000000401. The molecule has 0 heterocycles. The molecule has 0 aliphatic heterocycles. The molecule has 0 aromatic heterocycles. The van der Waals surface area contributed by atoms with Gasteiger partial charge in [-0.3, -0.25) is 0 Å². The van der Waals surface area contributed by atoms with Crippen molar-refractivity contribution in [3.63, 3.8) is 0 Å². The van der Waals surface area contributed by atoms with Gasteiger partial charge < -0.3 is 17.3 Å². The quantitative estimate of drug-likeness (QED) is 0.231. The molecule has 0 spiro atoms. The van der Waals surface area contributed by atoms with E-state index in [9.17, 15) is 17.3 Å². The summed E-state index contributed by atoms with van der Waals surface area (Å²) in [6.07, 6.45) is 0. The van der Waals surface area contributed by atoms with Gasteiger partial charge in [-0.05, 0) is 11.1 Å². The Hall–Kier alpha value is -2.28. The number of halogens is 4. The summed E-state index contributed by atoms with van der Waals surface area (Å²) in [5.41, 5.74) is 2.55. The molecule has 0 aliphatic carbocycles. The molecule has 31 heavy (non-hydrogen) atoms. The summed E-state index contributed by atoms with van der Waals surface area (Å²) in [4.78, 5) is 0. The van der Waals surface area contributed by atoms with Crippen LogP contribution in [0.1, 0.15) is 0 Å². The Bertz CT molecular complexity index is 601. The summed E-state index contributed by atoms with van der Waals surface area (Å²) in [5.74, 6) is 0. The third-order valence-corrected chi connectivity index (χ3v) is 1.88. The molecule has 0 saturated heterocycles. The van der Waals surface area contributed by atoms with E-state index >= 15 is 0 Å². The van der Waals surface area contributed by atoms with Crippen molar-refractivity contribution in [3.05, 3.63) is 101 Å². The second kappa shape index (κ2) is 50.9. The van der Waals surface area contributed by atoms with Crippen LogP contribution >= 0.6 is 0 Å². The summed E-state index contributed by atoms with van der Waals surface area (Å²) in [6, 6.07) is 20.8. The average Bonchev–Trinajstić information content (AvgIpc) is 2.82. The van der Waals surface area contributed by atoms with Crippen LogP contribution in [0.2, 0.25) is 0 Å². The second-order valence-corrected chi connectivity index (χ2v) is 3.23. The summed E-state index contributed by atoms with van der Waals surface area (Å²) in [5, 5.41) is 0. The molecule has 6 nitrogen and oxygen atoms in total. The Morgan fingerprint density at radius 1 is 0.452 bits per heavy atom. The van der Waals surface area contributed by atoms with Crippen molar-refractivity contribution in [2.75, 3.05) is 0 Å². The van der Waals surface area contributed by atoms with Crippen molar-refractivity contribution in [2.24, 2.45) is 0 Å². The first kappa shape index (κ1) is 51.4. The topological polar surface area (TPSA) is 119 Å². The molecule has 2 aromatic carbocycles. The fourth-order valence-electron chi connectivity index (χ4n) is 1.26. The maximum absolute atomic E-state index is 9.75. The Labute approximate surface area is 198 Å². The third-order valence-electron chi connectivity index (χ3n) is 1.88. The summed E-state index contributed by atoms with van der Waals surface area (Å²) in [6.45, 7) is 27.0. The minimum absolute atomic E-state index is 0. The van der Waals surface area contributed by atoms with Gasteiger partial charge in [0.1, 0.15) is 0 Å². The van der Waals surface area contributed by atoms with E-state index in [-0.39, 0.29) is 34.4 Å². The van der Waals surface area contributed by atoms with E-state index in [0.717, 1.165) is 0 Å². The Morgan fingerprint density at radius 3 is 0.710 bits per heavy atom. The maximum atomic E-state index is 9.75. The van der Waals surface area contributed by atoms with Crippen molar-refractivity contribution in [1.82, 2.24) is 0 Å².